The molecule has 1 saturated carbocycles. The van der Waals surface area contributed by atoms with E-state index < -0.39 is 0 Å². The molecule has 0 N–H and O–H groups in total. The summed E-state index contributed by atoms with van der Waals surface area (Å²) in [7, 11) is 1.25. The van der Waals surface area contributed by atoms with Crippen LogP contribution in [0.25, 0.3) is 0 Å². The van der Waals surface area contributed by atoms with E-state index in [9.17, 15) is 0 Å². The molecule has 2 nitrogen and oxygen atoms in total. The van der Waals surface area contributed by atoms with Gasteiger partial charge in [0.25, 0.3) is 0 Å². The minimum absolute atomic E-state index is 0. The third kappa shape index (κ3) is 8.88. The molecule has 0 radical (unpaired) electrons. The second-order valence-corrected chi connectivity index (χ2v) is 12.4. The van der Waals surface area contributed by atoms with Crippen molar-refractivity contribution >= 4 is 40.4 Å². The SMILES string of the molecule is CC1C(C)C(C)C(C)C1C.Cc1ccccc1N=Cc1ccc[n-]1.[Br][Ni+][Br].[Fe]. The van der Waals surface area contributed by atoms with Crippen molar-refractivity contribution in [3.05, 3.63) is 53.9 Å². The molecule has 1 aromatic heterocycles. The molecular formula is C22H31Br2FeN2Ni. The zero-order valence-corrected chi connectivity index (χ0v) is 22.6. The molecule has 1 fully saturated rings. The van der Waals surface area contributed by atoms with Crippen LogP contribution < -0.4 is 4.98 Å². The predicted octanol–water partition coefficient (Wildman–Crippen LogP) is 7.57. The van der Waals surface area contributed by atoms with Crippen LogP contribution in [-0.2, 0) is 28.0 Å². The summed E-state index contributed by atoms with van der Waals surface area (Å²) in [5.41, 5.74) is 3.07. The van der Waals surface area contributed by atoms with Gasteiger partial charge in [-0.25, -0.2) is 0 Å². The van der Waals surface area contributed by atoms with Gasteiger partial charge < -0.3 is 4.98 Å². The monoisotopic (exact) mass is 595 g/mol. The van der Waals surface area contributed by atoms with Crippen molar-refractivity contribution < 1.29 is 28.0 Å². The average Bonchev–Trinajstić information content (AvgIpc) is 3.24. The van der Waals surface area contributed by atoms with E-state index in [4.69, 9.17) is 0 Å². The van der Waals surface area contributed by atoms with E-state index in [-0.39, 0.29) is 17.1 Å². The molecule has 28 heavy (non-hydrogen) atoms. The smallest absolute Gasteiger partial charge is 0 e. The number of hydrogen-bond donors (Lipinski definition) is 0. The molecule has 0 saturated heterocycles. The molecule has 1 aliphatic rings. The first-order valence-electron chi connectivity index (χ1n) is 9.33. The van der Waals surface area contributed by atoms with Crippen LogP contribution >= 0.6 is 28.5 Å². The van der Waals surface area contributed by atoms with E-state index in [1.807, 2.05) is 43.3 Å². The Kier molecular flexibility index (Phi) is 15.1. The van der Waals surface area contributed by atoms with E-state index in [1.165, 1.54) is 16.5 Å². The van der Waals surface area contributed by atoms with Crippen molar-refractivity contribution in [1.29, 1.82) is 0 Å². The van der Waals surface area contributed by atoms with Crippen LogP contribution in [0, 0.1) is 36.5 Å². The Morgan fingerprint density at radius 3 is 1.71 bits per heavy atom. The number of para-hydroxylation sites is 1. The van der Waals surface area contributed by atoms with Crippen molar-refractivity contribution in [2.75, 3.05) is 0 Å². The van der Waals surface area contributed by atoms with Gasteiger partial charge in [-0.1, -0.05) is 65.0 Å². The summed E-state index contributed by atoms with van der Waals surface area (Å²) in [4.78, 5) is 8.47. The fourth-order valence-electron chi connectivity index (χ4n) is 3.63. The number of aliphatic imine (C=N–C) groups is 1. The van der Waals surface area contributed by atoms with Crippen LogP contribution in [0.4, 0.5) is 5.69 Å². The molecule has 1 aliphatic carbocycles. The number of benzene rings is 1. The molecule has 161 valence electrons. The van der Waals surface area contributed by atoms with E-state index in [0.29, 0.717) is 0 Å². The molecule has 0 unspecified atom stereocenters. The summed E-state index contributed by atoms with van der Waals surface area (Å²) in [6, 6.07) is 11.9. The van der Waals surface area contributed by atoms with E-state index in [0.717, 1.165) is 41.0 Å². The number of halogens is 2. The Labute approximate surface area is 202 Å². The van der Waals surface area contributed by atoms with Crippen molar-refractivity contribution in [2.45, 2.75) is 41.5 Å². The third-order valence-corrected chi connectivity index (χ3v) is 6.17. The van der Waals surface area contributed by atoms with Crippen LogP contribution in [0.3, 0.4) is 0 Å². The predicted molar refractivity (Wildman–Crippen MR) is 122 cm³/mol. The molecule has 6 heteroatoms. The van der Waals surface area contributed by atoms with Crippen molar-refractivity contribution in [3.8, 4) is 0 Å². The first kappa shape index (κ1) is 28.1. The molecule has 0 atom stereocenters. The summed E-state index contributed by atoms with van der Waals surface area (Å²) >= 11 is 6.00. The minimum atomic E-state index is 0. The van der Waals surface area contributed by atoms with Crippen LogP contribution in [0.2, 0.25) is 0 Å². The molecule has 0 spiro atoms. The van der Waals surface area contributed by atoms with E-state index in [1.54, 1.807) is 12.4 Å². The van der Waals surface area contributed by atoms with Gasteiger partial charge in [0.2, 0.25) is 0 Å². The largest absolute Gasteiger partial charge is 0 e. The van der Waals surface area contributed by atoms with Crippen LogP contribution in [-0.4, -0.2) is 6.21 Å². The van der Waals surface area contributed by atoms with Crippen molar-refractivity contribution in [2.24, 2.45) is 34.6 Å². The van der Waals surface area contributed by atoms with Crippen LogP contribution in [0.1, 0.15) is 45.9 Å². The zero-order valence-electron chi connectivity index (χ0n) is 17.3. The van der Waals surface area contributed by atoms with E-state index in [2.05, 4.69) is 73.0 Å². The molecule has 0 aliphatic heterocycles. The number of rotatable bonds is 2. The first-order chi connectivity index (χ1) is 12.8. The quantitative estimate of drug-likeness (QED) is 0.259. The normalized spacial score (nSPS) is 26.1. The first-order valence-corrected chi connectivity index (χ1v) is 14.2. The number of nitrogens with zero attached hydrogens (tertiary/aromatic N) is 2. The maximum Gasteiger partial charge on any atom is 0 e. The van der Waals surface area contributed by atoms with E-state index >= 15 is 0 Å². The van der Waals surface area contributed by atoms with Gasteiger partial charge in [-0.3, -0.25) is 4.99 Å². The van der Waals surface area contributed by atoms with Gasteiger partial charge >= 0.3 is 39.3 Å². The second kappa shape index (κ2) is 15.0. The average molecular weight is 598 g/mol. The molecule has 0 bridgehead atoms. The van der Waals surface area contributed by atoms with Gasteiger partial charge in [-0.2, -0.15) is 6.20 Å². The third-order valence-electron chi connectivity index (χ3n) is 6.17. The van der Waals surface area contributed by atoms with Gasteiger partial charge in [-0.05, 0) is 48.1 Å². The Balaban J connectivity index is 0.000000461. The Morgan fingerprint density at radius 2 is 1.32 bits per heavy atom. The summed E-state index contributed by atoms with van der Waals surface area (Å²) < 4.78 is 0. The van der Waals surface area contributed by atoms with Crippen LogP contribution in [0.5, 0.6) is 0 Å². The van der Waals surface area contributed by atoms with Gasteiger partial charge in [-0.15, -0.1) is 5.69 Å². The number of hydrogen-bond acceptors (Lipinski definition) is 1. The Morgan fingerprint density at radius 1 is 0.857 bits per heavy atom. The molecule has 2 aromatic rings. The minimum Gasteiger partial charge on any atom is 0 e. The van der Waals surface area contributed by atoms with Gasteiger partial charge in [0.15, 0.2) is 0 Å². The standard InChI is InChI=1S/C12H11N2.C10H20.2BrH.Fe.Ni/c1-10-5-2-3-7-12(10)14-9-11-6-4-8-13-11;1-6-7(2)9(4)10(5)8(6)3;;;;/h2-9H,1H3;6-10H,1-5H3;2*1H;;/q-1;;;;;+3/p-2. The molecule has 3 rings (SSSR count). The van der Waals surface area contributed by atoms with Crippen molar-refractivity contribution in [3.63, 3.8) is 0 Å². The molecule has 1 aromatic carbocycles. The van der Waals surface area contributed by atoms with Gasteiger partial charge in [0.05, 0.1) is 5.69 Å². The Bertz CT molecular complexity index is 634. The number of aryl methyl sites for hydroxylation is 1. The molecular weight excluding hydrogens is 567 g/mol. The van der Waals surface area contributed by atoms with Crippen molar-refractivity contribution in [1.82, 2.24) is 4.98 Å². The zero-order chi connectivity index (χ0) is 20.4. The fourth-order valence-corrected chi connectivity index (χ4v) is 3.63. The summed E-state index contributed by atoms with van der Waals surface area (Å²) in [5, 5.41) is 0. The molecule has 0 amide bonds. The second-order valence-electron chi connectivity index (χ2n) is 7.45. The summed E-state index contributed by atoms with van der Waals surface area (Å²) in [5.74, 6) is 4.68. The molecule has 1 heterocycles. The maximum atomic E-state index is 4.36. The fraction of sp³-hybridized carbons (Fsp3) is 0.500. The number of aromatic nitrogens is 1. The van der Waals surface area contributed by atoms with Gasteiger partial charge in [0, 0.05) is 23.3 Å². The van der Waals surface area contributed by atoms with Crippen LogP contribution in [0.15, 0.2) is 47.6 Å². The maximum absolute atomic E-state index is 4.36. The van der Waals surface area contributed by atoms with Gasteiger partial charge in [0.1, 0.15) is 0 Å². The topological polar surface area (TPSA) is 26.5 Å². The summed E-state index contributed by atoms with van der Waals surface area (Å²) in [6.45, 7) is 14.0. The summed E-state index contributed by atoms with van der Waals surface area (Å²) in [6.07, 6.45) is 3.54. The Hall–Kier alpha value is 0.143.